The van der Waals surface area contributed by atoms with Crippen LogP contribution in [0.4, 0.5) is 0 Å². The van der Waals surface area contributed by atoms with Crippen molar-refractivity contribution in [2.45, 2.75) is 4.90 Å². The summed E-state index contributed by atoms with van der Waals surface area (Å²) < 4.78 is 5.28. The van der Waals surface area contributed by atoms with Crippen molar-refractivity contribution in [3.8, 4) is 5.75 Å². The summed E-state index contributed by atoms with van der Waals surface area (Å²) in [6.07, 6.45) is 3.84. The van der Waals surface area contributed by atoms with Crippen LogP contribution in [0.5, 0.6) is 5.75 Å². The third-order valence-electron chi connectivity index (χ3n) is 2.12. The molecule has 0 fully saturated rings. The largest absolute Gasteiger partial charge is 0.496 e. The summed E-state index contributed by atoms with van der Waals surface area (Å²) >= 11 is 1.66. The molecule has 0 saturated carbocycles. The van der Waals surface area contributed by atoms with Crippen LogP contribution >= 0.6 is 11.8 Å². The lowest BCUT2D eigenvalue weighted by atomic mass is 10.2. The fraction of sp³-hybridized carbons (Fsp3) is 0.182. The van der Waals surface area contributed by atoms with E-state index in [-0.39, 0.29) is 0 Å². The molecule has 2 rings (SSSR count). The molecule has 72 valence electrons. The minimum atomic E-state index is 0.892. The highest BCUT2D eigenvalue weighted by atomic mass is 32.2. The Morgan fingerprint density at radius 2 is 2.14 bits per heavy atom. The van der Waals surface area contributed by atoms with Crippen LogP contribution in [0.25, 0.3) is 10.9 Å². The first kappa shape index (κ1) is 9.34. The first-order valence-electron chi connectivity index (χ1n) is 4.32. The van der Waals surface area contributed by atoms with E-state index in [0.29, 0.717) is 0 Å². The number of nitrogens with zero attached hydrogens (tertiary/aromatic N) is 1. The van der Waals surface area contributed by atoms with Gasteiger partial charge in [-0.15, -0.1) is 11.8 Å². The number of ether oxygens (including phenoxy) is 1. The number of benzene rings is 1. The molecule has 0 atom stereocenters. The Kier molecular flexibility index (Phi) is 2.59. The summed E-state index contributed by atoms with van der Waals surface area (Å²) in [5.41, 5.74) is 1.01. The molecule has 1 heterocycles. The quantitative estimate of drug-likeness (QED) is 0.704. The summed E-state index contributed by atoms with van der Waals surface area (Å²) in [6.45, 7) is 0. The van der Waals surface area contributed by atoms with E-state index >= 15 is 0 Å². The number of thioether (sulfide) groups is 1. The van der Waals surface area contributed by atoms with Gasteiger partial charge in [0.05, 0.1) is 17.5 Å². The minimum absolute atomic E-state index is 0.892. The van der Waals surface area contributed by atoms with Gasteiger partial charge in [-0.2, -0.15) is 0 Å². The SMILES string of the molecule is COc1ccc2cccnc2c1SC. The Bertz CT molecular complexity index is 456. The van der Waals surface area contributed by atoms with Crippen molar-refractivity contribution in [3.63, 3.8) is 0 Å². The predicted octanol–water partition coefficient (Wildman–Crippen LogP) is 2.97. The smallest absolute Gasteiger partial charge is 0.134 e. The highest BCUT2D eigenvalue weighted by Crippen LogP contribution is 2.33. The number of pyridine rings is 1. The van der Waals surface area contributed by atoms with Gasteiger partial charge in [0.25, 0.3) is 0 Å². The highest BCUT2D eigenvalue weighted by Gasteiger charge is 2.07. The summed E-state index contributed by atoms with van der Waals surface area (Å²) in [7, 11) is 1.68. The monoisotopic (exact) mass is 205 g/mol. The van der Waals surface area contributed by atoms with Crippen LogP contribution in [-0.4, -0.2) is 18.3 Å². The third kappa shape index (κ3) is 1.44. The van der Waals surface area contributed by atoms with Gasteiger partial charge in [0, 0.05) is 11.6 Å². The molecule has 3 heteroatoms. The van der Waals surface area contributed by atoms with Crippen LogP contribution in [0.2, 0.25) is 0 Å². The Hall–Kier alpha value is -1.22. The molecule has 14 heavy (non-hydrogen) atoms. The molecule has 0 radical (unpaired) electrons. The Balaban J connectivity index is 2.77. The maximum absolute atomic E-state index is 5.28. The third-order valence-corrected chi connectivity index (χ3v) is 2.92. The van der Waals surface area contributed by atoms with E-state index in [1.54, 1.807) is 18.9 Å². The first-order chi connectivity index (χ1) is 6.86. The maximum Gasteiger partial charge on any atom is 0.134 e. The van der Waals surface area contributed by atoms with Gasteiger partial charge in [0.2, 0.25) is 0 Å². The zero-order chi connectivity index (χ0) is 9.97. The zero-order valence-corrected chi connectivity index (χ0v) is 8.97. The van der Waals surface area contributed by atoms with Crippen LogP contribution in [0.15, 0.2) is 35.4 Å². The number of rotatable bonds is 2. The van der Waals surface area contributed by atoms with Gasteiger partial charge < -0.3 is 4.74 Å². The maximum atomic E-state index is 5.28. The van der Waals surface area contributed by atoms with E-state index in [2.05, 4.69) is 11.1 Å². The molecule has 0 spiro atoms. The Morgan fingerprint density at radius 1 is 1.29 bits per heavy atom. The fourth-order valence-corrected chi connectivity index (χ4v) is 2.17. The topological polar surface area (TPSA) is 22.1 Å². The van der Waals surface area contributed by atoms with Crippen LogP contribution in [0, 0.1) is 0 Å². The summed E-state index contributed by atoms with van der Waals surface area (Å²) in [6, 6.07) is 8.01. The summed E-state index contributed by atoms with van der Waals surface area (Å²) in [5, 5.41) is 1.15. The molecule has 0 aliphatic rings. The summed E-state index contributed by atoms with van der Waals surface area (Å²) in [4.78, 5) is 5.46. The lowest BCUT2D eigenvalue weighted by molar-refractivity contribution is 0.406. The average Bonchev–Trinajstić information content (AvgIpc) is 2.27. The van der Waals surface area contributed by atoms with Crippen molar-refractivity contribution in [2.75, 3.05) is 13.4 Å². The van der Waals surface area contributed by atoms with E-state index in [9.17, 15) is 0 Å². The van der Waals surface area contributed by atoms with Gasteiger partial charge in [0.1, 0.15) is 5.75 Å². The predicted molar refractivity (Wildman–Crippen MR) is 60.1 cm³/mol. The first-order valence-corrected chi connectivity index (χ1v) is 5.55. The molecular weight excluding hydrogens is 194 g/mol. The standard InChI is InChI=1S/C11H11NOS/c1-13-9-6-5-8-4-3-7-12-10(8)11(9)14-2/h3-7H,1-2H3. The van der Waals surface area contributed by atoms with Crippen molar-refractivity contribution < 1.29 is 4.74 Å². The van der Waals surface area contributed by atoms with Gasteiger partial charge in [-0.1, -0.05) is 6.07 Å². The van der Waals surface area contributed by atoms with Crippen LogP contribution in [0.1, 0.15) is 0 Å². The van der Waals surface area contributed by atoms with Crippen molar-refractivity contribution in [3.05, 3.63) is 30.5 Å². The number of aromatic nitrogens is 1. The molecule has 1 aromatic carbocycles. The molecule has 2 aromatic rings. The van der Waals surface area contributed by atoms with Crippen molar-refractivity contribution in [1.29, 1.82) is 0 Å². The van der Waals surface area contributed by atoms with E-state index < -0.39 is 0 Å². The molecule has 2 nitrogen and oxygen atoms in total. The Labute approximate surface area is 87.3 Å². The second-order valence-corrected chi connectivity index (χ2v) is 3.69. The van der Waals surface area contributed by atoms with Gasteiger partial charge >= 0.3 is 0 Å². The van der Waals surface area contributed by atoms with Gasteiger partial charge in [-0.25, -0.2) is 0 Å². The van der Waals surface area contributed by atoms with Crippen molar-refractivity contribution in [2.24, 2.45) is 0 Å². The highest BCUT2D eigenvalue weighted by molar-refractivity contribution is 7.99. The van der Waals surface area contributed by atoms with Crippen LogP contribution in [0.3, 0.4) is 0 Å². The fourth-order valence-electron chi connectivity index (χ4n) is 1.46. The second-order valence-electron chi connectivity index (χ2n) is 2.88. The number of hydrogen-bond acceptors (Lipinski definition) is 3. The molecule has 0 aliphatic carbocycles. The van der Waals surface area contributed by atoms with E-state index in [0.717, 1.165) is 21.5 Å². The number of hydrogen-bond donors (Lipinski definition) is 0. The normalized spacial score (nSPS) is 10.4. The van der Waals surface area contributed by atoms with Gasteiger partial charge in [0.15, 0.2) is 0 Å². The van der Waals surface area contributed by atoms with Crippen LogP contribution < -0.4 is 4.74 Å². The van der Waals surface area contributed by atoms with Crippen molar-refractivity contribution >= 4 is 22.7 Å². The zero-order valence-electron chi connectivity index (χ0n) is 8.15. The average molecular weight is 205 g/mol. The lowest BCUT2D eigenvalue weighted by Crippen LogP contribution is -1.88. The molecule has 0 saturated heterocycles. The van der Waals surface area contributed by atoms with E-state index in [4.69, 9.17) is 4.74 Å². The van der Waals surface area contributed by atoms with Gasteiger partial charge in [-0.3, -0.25) is 4.98 Å². The Morgan fingerprint density at radius 3 is 2.86 bits per heavy atom. The summed E-state index contributed by atoms with van der Waals surface area (Å²) in [5.74, 6) is 0.892. The molecule has 0 N–H and O–H groups in total. The lowest BCUT2D eigenvalue weighted by Gasteiger charge is -2.08. The number of methoxy groups -OCH3 is 1. The molecular formula is C11H11NOS. The van der Waals surface area contributed by atoms with Crippen LogP contribution in [-0.2, 0) is 0 Å². The van der Waals surface area contributed by atoms with Crippen molar-refractivity contribution in [1.82, 2.24) is 4.98 Å². The number of fused-ring (bicyclic) bond motifs is 1. The van der Waals surface area contributed by atoms with E-state index in [1.807, 2.05) is 30.7 Å². The second kappa shape index (κ2) is 3.88. The molecule has 0 amide bonds. The minimum Gasteiger partial charge on any atom is -0.496 e. The molecule has 0 unspecified atom stereocenters. The molecule has 1 aromatic heterocycles. The molecule has 0 bridgehead atoms. The molecule has 0 aliphatic heterocycles. The van der Waals surface area contributed by atoms with Gasteiger partial charge in [-0.05, 0) is 24.5 Å². The van der Waals surface area contributed by atoms with E-state index in [1.165, 1.54) is 0 Å².